The first-order valence-electron chi connectivity index (χ1n) is 16.6. The van der Waals surface area contributed by atoms with Crippen molar-refractivity contribution < 1.29 is 39.1 Å². The van der Waals surface area contributed by atoms with E-state index in [4.69, 9.17) is 14.2 Å². The topological polar surface area (TPSA) is 138 Å². The third kappa shape index (κ3) is 8.33. The van der Waals surface area contributed by atoms with Crippen molar-refractivity contribution in [3.05, 3.63) is 34.9 Å². The molecule has 10 nitrogen and oxygen atoms in total. The second kappa shape index (κ2) is 17.1. The summed E-state index contributed by atoms with van der Waals surface area (Å²) in [5.41, 5.74) is 1.57. The molecular formula is C34H52N2O8. The summed E-state index contributed by atoms with van der Waals surface area (Å²) in [5.74, 6) is -0.316. The van der Waals surface area contributed by atoms with Gasteiger partial charge in [-0.3, -0.25) is 9.59 Å². The first-order valence-corrected chi connectivity index (χ1v) is 16.6. The van der Waals surface area contributed by atoms with Gasteiger partial charge in [0, 0.05) is 37.3 Å². The molecule has 1 aromatic carbocycles. The highest BCUT2D eigenvalue weighted by atomic mass is 16.5. The first kappa shape index (κ1) is 34.2. The van der Waals surface area contributed by atoms with Gasteiger partial charge in [0.15, 0.2) is 11.5 Å². The summed E-state index contributed by atoms with van der Waals surface area (Å²) in [6.07, 6.45) is 12.0. The van der Waals surface area contributed by atoms with E-state index in [2.05, 4.69) is 12.2 Å². The van der Waals surface area contributed by atoms with Gasteiger partial charge in [0.25, 0.3) is 0 Å². The number of methoxy groups -OCH3 is 1. The number of fused-ring (bicyclic) bond motifs is 3. The molecule has 5 atom stereocenters. The summed E-state index contributed by atoms with van der Waals surface area (Å²) in [4.78, 5) is 29.0. The molecular weight excluding hydrogens is 564 g/mol. The lowest BCUT2D eigenvalue weighted by atomic mass is 9.77. The highest BCUT2D eigenvalue weighted by molar-refractivity contribution is 5.96. The van der Waals surface area contributed by atoms with Crippen molar-refractivity contribution in [2.75, 3.05) is 33.4 Å². The summed E-state index contributed by atoms with van der Waals surface area (Å²) in [5, 5.41) is 33.8. The van der Waals surface area contributed by atoms with Crippen molar-refractivity contribution in [3.8, 4) is 11.5 Å². The molecule has 0 unspecified atom stereocenters. The lowest BCUT2D eigenvalue weighted by Gasteiger charge is -2.41. The van der Waals surface area contributed by atoms with Gasteiger partial charge in [0.05, 0.1) is 38.4 Å². The van der Waals surface area contributed by atoms with E-state index in [1.807, 2.05) is 0 Å². The Labute approximate surface area is 261 Å². The summed E-state index contributed by atoms with van der Waals surface area (Å²) < 4.78 is 17.8. The Hall–Kier alpha value is -2.66. The minimum Gasteiger partial charge on any atom is -0.493 e. The smallest absolute Gasteiger partial charge is 0.247 e. The summed E-state index contributed by atoms with van der Waals surface area (Å²) in [6, 6.07) is 2.63. The van der Waals surface area contributed by atoms with Gasteiger partial charge in [-0.1, -0.05) is 58.3 Å². The minimum atomic E-state index is -1.13. The predicted molar refractivity (Wildman–Crippen MR) is 167 cm³/mol. The van der Waals surface area contributed by atoms with Gasteiger partial charge in [0.2, 0.25) is 11.8 Å². The number of carbonyl (C=O) groups is 2. The zero-order valence-corrected chi connectivity index (χ0v) is 26.5. The van der Waals surface area contributed by atoms with Crippen molar-refractivity contribution in [2.24, 2.45) is 0 Å². The van der Waals surface area contributed by atoms with Crippen LogP contribution in [0.3, 0.4) is 0 Å². The monoisotopic (exact) mass is 616 g/mol. The fourth-order valence-corrected chi connectivity index (χ4v) is 6.75. The molecule has 4 N–H and O–H groups in total. The van der Waals surface area contributed by atoms with Crippen LogP contribution in [0.1, 0.15) is 101 Å². The highest BCUT2D eigenvalue weighted by Crippen LogP contribution is 2.51. The van der Waals surface area contributed by atoms with E-state index in [9.17, 15) is 24.9 Å². The van der Waals surface area contributed by atoms with Gasteiger partial charge in [-0.05, 0) is 43.0 Å². The molecule has 1 saturated heterocycles. The van der Waals surface area contributed by atoms with Crippen molar-refractivity contribution in [3.63, 3.8) is 0 Å². The molecule has 2 aliphatic heterocycles. The Morgan fingerprint density at radius 3 is 2.43 bits per heavy atom. The molecule has 0 aromatic heterocycles. The van der Waals surface area contributed by atoms with Crippen LogP contribution in [0.2, 0.25) is 0 Å². The van der Waals surface area contributed by atoms with Gasteiger partial charge >= 0.3 is 0 Å². The van der Waals surface area contributed by atoms with Crippen molar-refractivity contribution in [1.82, 2.24) is 10.2 Å². The van der Waals surface area contributed by atoms with E-state index in [0.29, 0.717) is 47.8 Å². The maximum Gasteiger partial charge on any atom is 0.247 e. The standard InChI is InChI=1S/C34H52N2O8/c1-3-4-5-6-7-8-9-10-11-14-29(39)36(21-24-13-12-17-43-24)27-20-26(34(41)35-15-16-37)30-25-18-23(22-38)19-28(42-2)32(25)44-33(30)31(27)40/h18-20,24,27,30-31,33,37-38,40H,3-17,21-22H2,1-2H3,(H,35,41)/t24-,27+,30-,31-,33-/m0/s1. The zero-order valence-electron chi connectivity index (χ0n) is 26.5. The second-order valence-electron chi connectivity index (χ2n) is 12.3. The van der Waals surface area contributed by atoms with E-state index in [1.54, 1.807) is 23.1 Å². The van der Waals surface area contributed by atoms with Crippen LogP contribution in [0.15, 0.2) is 23.8 Å². The summed E-state index contributed by atoms with van der Waals surface area (Å²) in [6.45, 7) is 2.78. The van der Waals surface area contributed by atoms with Gasteiger partial charge in [-0.15, -0.1) is 0 Å². The van der Waals surface area contributed by atoms with Crippen LogP contribution in [-0.4, -0.2) is 89.8 Å². The van der Waals surface area contributed by atoms with Crippen LogP contribution in [0.5, 0.6) is 11.5 Å². The second-order valence-corrected chi connectivity index (χ2v) is 12.3. The maximum atomic E-state index is 13.8. The molecule has 0 spiro atoms. The fourth-order valence-electron chi connectivity index (χ4n) is 6.75. The Morgan fingerprint density at radius 1 is 1.07 bits per heavy atom. The zero-order chi connectivity index (χ0) is 31.5. The van der Waals surface area contributed by atoms with Gasteiger partial charge in [0.1, 0.15) is 12.2 Å². The molecule has 0 radical (unpaired) electrons. The lowest BCUT2D eigenvalue weighted by Crippen LogP contribution is -2.57. The number of aliphatic hydroxyl groups excluding tert-OH is 3. The normalized spacial score (nSPS) is 23.8. The van der Waals surface area contributed by atoms with Crippen molar-refractivity contribution in [1.29, 1.82) is 0 Å². The van der Waals surface area contributed by atoms with E-state index >= 15 is 0 Å². The number of hydrogen-bond donors (Lipinski definition) is 4. The fraction of sp³-hybridized carbons (Fsp3) is 0.706. The molecule has 1 aromatic rings. The molecule has 246 valence electrons. The summed E-state index contributed by atoms with van der Waals surface area (Å²) in [7, 11) is 1.50. The third-order valence-electron chi connectivity index (χ3n) is 9.09. The molecule has 4 rings (SSSR count). The summed E-state index contributed by atoms with van der Waals surface area (Å²) >= 11 is 0. The van der Waals surface area contributed by atoms with Crippen LogP contribution >= 0.6 is 0 Å². The van der Waals surface area contributed by atoms with Crippen molar-refractivity contribution >= 4 is 11.8 Å². The van der Waals surface area contributed by atoms with E-state index in [1.165, 1.54) is 45.6 Å². The number of benzene rings is 1. The number of rotatable bonds is 18. The van der Waals surface area contributed by atoms with Crippen LogP contribution in [0, 0.1) is 0 Å². The minimum absolute atomic E-state index is 0.0612. The molecule has 1 fully saturated rings. The number of hydrogen-bond acceptors (Lipinski definition) is 8. The predicted octanol–water partition coefficient (Wildman–Crippen LogP) is 3.74. The first-order chi connectivity index (χ1) is 21.4. The molecule has 10 heteroatoms. The highest BCUT2D eigenvalue weighted by Gasteiger charge is 2.51. The van der Waals surface area contributed by atoms with Crippen molar-refractivity contribution in [2.45, 2.75) is 121 Å². The Bertz CT molecular complexity index is 1120. The quantitative estimate of drug-likeness (QED) is 0.183. The average molecular weight is 617 g/mol. The van der Waals surface area contributed by atoms with E-state index in [-0.39, 0.29) is 31.8 Å². The van der Waals surface area contributed by atoms with E-state index in [0.717, 1.165) is 32.1 Å². The van der Waals surface area contributed by atoms with Gasteiger partial charge in [-0.2, -0.15) is 0 Å². The number of carbonyl (C=O) groups excluding carboxylic acids is 2. The number of ether oxygens (including phenoxy) is 3. The van der Waals surface area contributed by atoms with Crippen LogP contribution in [0.25, 0.3) is 0 Å². The molecule has 3 aliphatic rings. The maximum absolute atomic E-state index is 13.8. The lowest BCUT2D eigenvalue weighted by molar-refractivity contribution is -0.139. The number of nitrogens with zero attached hydrogens (tertiary/aromatic N) is 1. The molecule has 44 heavy (non-hydrogen) atoms. The Morgan fingerprint density at radius 2 is 1.80 bits per heavy atom. The SMILES string of the molecule is CCCCCCCCCCCC(=O)N(C[C@@H]1CCCO1)[C@@H]1C=C(C(=O)NCCO)[C@@H]2c3cc(CO)cc(OC)c3O[C@@H]2[C@H]1O. The average Bonchev–Trinajstić information content (AvgIpc) is 3.70. The van der Waals surface area contributed by atoms with Gasteiger partial charge in [-0.25, -0.2) is 0 Å². The Balaban J connectivity index is 1.56. The molecule has 0 bridgehead atoms. The third-order valence-corrected chi connectivity index (χ3v) is 9.09. The van der Waals surface area contributed by atoms with Crippen LogP contribution in [0.4, 0.5) is 0 Å². The number of nitrogens with one attached hydrogen (secondary N) is 1. The molecule has 2 heterocycles. The Kier molecular flexibility index (Phi) is 13.3. The number of aliphatic hydroxyl groups is 3. The van der Waals surface area contributed by atoms with Gasteiger partial charge < -0.3 is 39.7 Å². The molecule has 2 amide bonds. The molecule has 0 saturated carbocycles. The van der Waals surface area contributed by atoms with Crippen LogP contribution < -0.4 is 14.8 Å². The van der Waals surface area contributed by atoms with E-state index < -0.39 is 30.1 Å². The number of amides is 2. The molecule has 1 aliphatic carbocycles. The van der Waals surface area contributed by atoms with Crippen LogP contribution in [-0.2, 0) is 20.9 Å². The largest absolute Gasteiger partial charge is 0.493 e. The number of unbranched alkanes of at least 4 members (excludes halogenated alkanes) is 8.